The van der Waals surface area contributed by atoms with E-state index in [9.17, 15) is 4.79 Å². The SMILES string of the molecule is NNc1ccc(Cl)cc1C(=O)Nc1cncnc1. The molecule has 1 amide bonds. The van der Waals surface area contributed by atoms with Gasteiger partial charge in [-0.2, -0.15) is 0 Å². The maximum absolute atomic E-state index is 12.0. The van der Waals surface area contributed by atoms with Gasteiger partial charge < -0.3 is 10.7 Å². The van der Waals surface area contributed by atoms with Crippen molar-refractivity contribution in [3.05, 3.63) is 47.5 Å². The molecule has 1 heterocycles. The lowest BCUT2D eigenvalue weighted by Gasteiger charge is -2.09. The topological polar surface area (TPSA) is 92.9 Å². The van der Waals surface area contributed by atoms with Gasteiger partial charge in [-0.25, -0.2) is 9.97 Å². The first-order valence-corrected chi connectivity index (χ1v) is 5.41. The van der Waals surface area contributed by atoms with Crippen LogP contribution in [0.25, 0.3) is 0 Å². The Hall–Kier alpha value is -2.18. The summed E-state index contributed by atoms with van der Waals surface area (Å²) in [5.74, 6) is 4.99. The van der Waals surface area contributed by atoms with Gasteiger partial charge in [0.2, 0.25) is 0 Å². The zero-order valence-electron chi connectivity index (χ0n) is 9.22. The minimum absolute atomic E-state index is 0.342. The van der Waals surface area contributed by atoms with Gasteiger partial charge in [-0.15, -0.1) is 0 Å². The standard InChI is InChI=1S/C11H10ClN5O/c12-7-1-2-10(17-13)9(3-7)11(18)16-8-4-14-6-15-5-8/h1-6,17H,13H2,(H,16,18). The third kappa shape index (κ3) is 2.73. The number of carbonyl (C=O) groups is 1. The van der Waals surface area contributed by atoms with Crippen molar-refractivity contribution in [3.8, 4) is 0 Å². The number of rotatable bonds is 3. The van der Waals surface area contributed by atoms with Gasteiger partial charge in [0.1, 0.15) is 6.33 Å². The molecule has 92 valence electrons. The van der Waals surface area contributed by atoms with Crippen molar-refractivity contribution < 1.29 is 4.79 Å². The summed E-state index contributed by atoms with van der Waals surface area (Å²) >= 11 is 5.85. The number of nitrogens with zero attached hydrogens (tertiary/aromatic N) is 2. The molecule has 2 aromatic rings. The Labute approximate surface area is 108 Å². The summed E-state index contributed by atoms with van der Waals surface area (Å²) in [5, 5.41) is 3.09. The molecule has 7 heteroatoms. The van der Waals surface area contributed by atoms with E-state index in [0.717, 1.165) is 0 Å². The lowest BCUT2D eigenvalue weighted by atomic mass is 10.1. The van der Waals surface area contributed by atoms with Crippen LogP contribution >= 0.6 is 11.6 Å². The third-order valence-electron chi connectivity index (χ3n) is 2.20. The molecule has 6 nitrogen and oxygen atoms in total. The van der Waals surface area contributed by atoms with Gasteiger partial charge in [-0.3, -0.25) is 10.6 Å². The minimum Gasteiger partial charge on any atom is -0.323 e. The number of benzene rings is 1. The van der Waals surface area contributed by atoms with Gasteiger partial charge in [0.15, 0.2) is 0 Å². The molecule has 0 saturated carbocycles. The number of aromatic nitrogens is 2. The van der Waals surface area contributed by atoms with Crippen molar-refractivity contribution in [2.75, 3.05) is 10.7 Å². The molecule has 0 unspecified atom stereocenters. The maximum Gasteiger partial charge on any atom is 0.257 e. The van der Waals surface area contributed by atoms with Crippen LogP contribution in [0.4, 0.5) is 11.4 Å². The highest BCUT2D eigenvalue weighted by atomic mass is 35.5. The zero-order valence-corrected chi connectivity index (χ0v) is 9.98. The molecule has 0 aliphatic carbocycles. The molecule has 0 atom stereocenters. The summed E-state index contributed by atoms with van der Waals surface area (Å²) in [6.45, 7) is 0. The van der Waals surface area contributed by atoms with E-state index in [1.807, 2.05) is 0 Å². The minimum atomic E-state index is -0.347. The number of halogens is 1. The summed E-state index contributed by atoms with van der Waals surface area (Å²) in [6, 6.07) is 4.79. The van der Waals surface area contributed by atoms with Gasteiger partial charge in [0.25, 0.3) is 5.91 Å². The molecule has 2 rings (SSSR count). The molecule has 0 bridgehead atoms. The molecule has 0 radical (unpaired) electrons. The van der Waals surface area contributed by atoms with E-state index in [0.29, 0.717) is 22.0 Å². The Bertz CT molecular complexity index is 561. The highest BCUT2D eigenvalue weighted by molar-refractivity contribution is 6.31. The van der Waals surface area contributed by atoms with Crippen LogP contribution in [0.1, 0.15) is 10.4 Å². The largest absolute Gasteiger partial charge is 0.323 e. The van der Waals surface area contributed by atoms with Crippen LogP contribution in [0.2, 0.25) is 5.02 Å². The van der Waals surface area contributed by atoms with Crippen LogP contribution in [0.15, 0.2) is 36.9 Å². The molecule has 0 aliphatic rings. The summed E-state index contributed by atoms with van der Waals surface area (Å²) in [5.41, 5.74) is 3.75. The number of nitrogen functional groups attached to an aromatic ring is 1. The molecule has 0 aliphatic heterocycles. The zero-order chi connectivity index (χ0) is 13.0. The van der Waals surface area contributed by atoms with Crippen molar-refractivity contribution in [3.63, 3.8) is 0 Å². The van der Waals surface area contributed by atoms with Gasteiger partial charge in [0, 0.05) is 5.02 Å². The highest BCUT2D eigenvalue weighted by Crippen LogP contribution is 2.20. The number of carbonyl (C=O) groups excluding carboxylic acids is 1. The average molecular weight is 264 g/mol. The Morgan fingerprint density at radius 2 is 2.00 bits per heavy atom. The second-order valence-electron chi connectivity index (χ2n) is 3.42. The van der Waals surface area contributed by atoms with Crippen LogP contribution in [-0.4, -0.2) is 15.9 Å². The molecule has 4 N–H and O–H groups in total. The average Bonchev–Trinajstić information content (AvgIpc) is 2.40. The molecule has 18 heavy (non-hydrogen) atoms. The first-order valence-electron chi connectivity index (χ1n) is 5.03. The van der Waals surface area contributed by atoms with Crippen LogP contribution in [0, 0.1) is 0 Å². The number of nitrogens with two attached hydrogens (primary N) is 1. The smallest absolute Gasteiger partial charge is 0.257 e. The van der Waals surface area contributed by atoms with Crippen LogP contribution in [-0.2, 0) is 0 Å². The maximum atomic E-state index is 12.0. The lowest BCUT2D eigenvalue weighted by Crippen LogP contribution is -2.17. The van der Waals surface area contributed by atoms with E-state index in [2.05, 4.69) is 20.7 Å². The summed E-state index contributed by atoms with van der Waals surface area (Å²) in [6.07, 6.45) is 4.36. The Kier molecular flexibility index (Phi) is 3.71. The second kappa shape index (κ2) is 5.44. The van der Waals surface area contributed by atoms with E-state index in [1.54, 1.807) is 12.1 Å². The van der Waals surface area contributed by atoms with Crippen molar-refractivity contribution in [1.29, 1.82) is 0 Å². The number of hydrazine groups is 1. The van der Waals surface area contributed by atoms with Crippen LogP contribution < -0.4 is 16.6 Å². The number of hydrogen-bond acceptors (Lipinski definition) is 5. The van der Waals surface area contributed by atoms with Crippen molar-refractivity contribution in [2.45, 2.75) is 0 Å². The first-order chi connectivity index (χ1) is 8.70. The van der Waals surface area contributed by atoms with Crippen molar-refractivity contribution >= 4 is 28.9 Å². The first kappa shape index (κ1) is 12.3. The Balaban J connectivity index is 2.26. The quantitative estimate of drug-likeness (QED) is 0.579. The Morgan fingerprint density at radius 1 is 1.28 bits per heavy atom. The van der Waals surface area contributed by atoms with Gasteiger partial charge in [-0.1, -0.05) is 11.6 Å². The van der Waals surface area contributed by atoms with E-state index >= 15 is 0 Å². The number of hydrogen-bond donors (Lipinski definition) is 3. The monoisotopic (exact) mass is 263 g/mol. The van der Waals surface area contributed by atoms with Gasteiger partial charge in [-0.05, 0) is 18.2 Å². The predicted octanol–water partition coefficient (Wildman–Crippen LogP) is 1.67. The van der Waals surface area contributed by atoms with Crippen LogP contribution in [0.5, 0.6) is 0 Å². The number of anilines is 2. The van der Waals surface area contributed by atoms with E-state index in [1.165, 1.54) is 24.8 Å². The molecule has 0 spiro atoms. The highest BCUT2D eigenvalue weighted by Gasteiger charge is 2.12. The Morgan fingerprint density at radius 3 is 2.67 bits per heavy atom. The second-order valence-corrected chi connectivity index (χ2v) is 3.85. The fourth-order valence-corrected chi connectivity index (χ4v) is 1.56. The number of nitrogens with one attached hydrogen (secondary N) is 2. The summed E-state index contributed by atoms with van der Waals surface area (Å²) in [7, 11) is 0. The summed E-state index contributed by atoms with van der Waals surface area (Å²) < 4.78 is 0. The molecule has 0 fully saturated rings. The van der Waals surface area contributed by atoms with Gasteiger partial charge >= 0.3 is 0 Å². The number of amides is 1. The van der Waals surface area contributed by atoms with Crippen molar-refractivity contribution in [1.82, 2.24) is 9.97 Å². The van der Waals surface area contributed by atoms with Gasteiger partial charge in [0.05, 0.1) is 29.3 Å². The molecule has 1 aromatic carbocycles. The fourth-order valence-electron chi connectivity index (χ4n) is 1.39. The molecular formula is C11H10ClN5O. The van der Waals surface area contributed by atoms with Crippen molar-refractivity contribution in [2.24, 2.45) is 5.84 Å². The predicted molar refractivity (Wildman–Crippen MR) is 69.2 cm³/mol. The van der Waals surface area contributed by atoms with E-state index < -0.39 is 0 Å². The lowest BCUT2D eigenvalue weighted by molar-refractivity contribution is 0.102. The molecule has 1 aromatic heterocycles. The fraction of sp³-hybridized carbons (Fsp3) is 0. The third-order valence-corrected chi connectivity index (χ3v) is 2.44. The van der Waals surface area contributed by atoms with E-state index in [4.69, 9.17) is 17.4 Å². The molecule has 0 saturated heterocycles. The van der Waals surface area contributed by atoms with Crippen LogP contribution in [0.3, 0.4) is 0 Å². The molecular weight excluding hydrogens is 254 g/mol. The normalized spacial score (nSPS) is 9.89. The van der Waals surface area contributed by atoms with E-state index in [-0.39, 0.29) is 5.91 Å². The summed E-state index contributed by atoms with van der Waals surface area (Å²) in [4.78, 5) is 19.6.